The van der Waals surface area contributed by atoms with E-state index in [1.54, 1.807) is 10.7 Å². The molecule has 0 spiro atoms. The molecule has 5 rings (SSSR count). The number of para-hydroxylation sites is 2. The van der Waals surface area contributed by atoms with E-state index in [4.69, 9.17) is 0 Å². The fourth-order valence-corrected chi connectivity index (χ4v) is 3.61. The summed E-state index contributed by atoms with van der Waals surface area (Å²) in [5, 5.41) is 4.30. The van der Waals surface area contributed by atoms with Gasteiger partial charge in [0, 0.05) is 25.3 Å². The number of pyridine rings is 1. The number of hydrogen-bond acceptors (Lipinski definition) is 3. The number of carbonyl (C=O) groups excluding carboxylic acids is 1. The standard InChI is InChI=1S/C19H18N4O/c24-19(15-13-20-23-10-4-3-5-16(15)23)22-12-11-21(14-8-9-14)17-6-1-2-7-18(17)22/h1-7,10,13-14H,8-9,11-12H2. The molecule has 2 aromatic heterocycles. The van der Waals surface area contributed by atoms with Crippen molar-refractivity contribution in [2.24, 2.45) is 0 Å². The molecule has 0 bridgehead atoms. The molecule has 24 heavy (non-hydrogen) atoms. The van der Waals surface area contributed by atoms with Gasteiger partial charge in [0.1, 0.15) is 0 Å². The Morgan fingerprint density at radius 3 is 2.62 bits per heavy atom. The molecule has 3 heterocycles. The van der Waals surface area contributed by atoms with Gasteiger partial charge in [-0.2, -0.15) is 5.10 Å². The van der Waals surface area contributed by atoms with E-state index < -0.39 is 0 Å². The van der Waals surface area contributed by atoms with E-state index in [1.807, 2.05) is 41.4 Å². The summed E-state index contributed by atoms with van der Waals surface area (Å²) in [5.74, 6) is 0.0269. The molecule has 2 aliphatic rings. The van der Waals surface area contributed by atoms with Gasteiger partial charge in [0.2, 0.25) is 0 Å². The highest BCUT2D eigenvalue weighted by atomic mass is 16.2. The van der Waals surface area contributed by atoms with Crippen LogP contribution in [0.25, 0.3) is 5.52 Å². The van der Waals surface area contributed by atoms with Gasteiger partial charge in [-0.25, -0.2) is 4.52 Å². The number of rotatable bonds is 2. The molecule has 0 N–H and O–H groups in total. The summed E-state index contributed by atoms with van der Waals surface area (Å²) in [7, 11) is 0. The molecule has 5 nitrogen and oxygen atoms in total. The van der Waals surface area contributed by atoms with Gasteiger partial charge in [0.25, 0.3) is 5.91 Å². The maximum Gasteiger partial charge on any atom is 0.262 e. The molecule has 0 saturated heterocycles. The minimum absolute atomic E-state index is 0.0269. The van der Waals surface area contributed by atoms with Gasteiger partial charge in [-0.15, -0.1) is 0 Å². The largest absolute Gasteiger partial charge is 0.365 e. The molecule has 1 aliphatic heterocycles. The van der Waals surface area contributed by atoms with E-state index in [9.17, 15) is 4.79 Å². The first-order valence-corrected chi connectivity index (χ1v) is 8.43. The summed E-state index contributed by atoms with van der Waals surface area (Å²) in [6, 6.07) is 14.7. The summed E-state index contributed by atoms with van der Waals surface area (Å²) in [4.78, 5) is 17.5. The minimum atomic E-state index is 0.0269. The highest BCUT2D eigenvalue weighted by Crippen LogP contribution is 2.40. The molecule has 0 unspecified atom stereocenters. The van der Waals surface area contributed by atoms with Crippen molar-refractivity contribution < 1.29 is 4.79 Å². The monoisotopic (exact) mass is 318 g/mol. The Hall–Kier alpha value is -2.82. The topological polar surface area (TPSA) is 40.9 Å². The average molecular weight is 318 g/mol. The van der Waals surface area contributed by atoms with E-state index >= 15 is 0 Å². The van der Waals surface area contributed by atoms with Crippen LogP contribution >= 0.6 is 0 Å². The van der Waals surface area contributed by atoms with Crippen LogP contribution in [0.2, 0.25) is 0 Å². The molecule has 1 saturated carbocycles. The van der Waals surface area contributed by atoms with Crippen molar-refractivity contribution in [2.75, 3.05) is 22.9 Å². The van der Waals surface area contributed by atoms with E-state index in [-0.39, 0.29) is 5.91 Å². The van der Waals surface area contributed by atoms with E-state index in [2.05, 4.69) is 22.1 Å². The third-order valence-corrected chi connectivity index (χ3v) is 4.94. The van der Waals surface area contributed by atoms with Crippen molar-refractivity contribution in [1.82, 2.24) is 9.61 Å². The second-order valence-corrected chi connectivity index (χ2v) is 6.46. The van der Waals surface area contributed by atoms with Crippen molar-refractivity contribution in [1.29, 1.82) is 0 Å². The smallest absolute Gasteiger partial charge is 0.262 e. The van der Waals surface area contributed by atoms with Crippen LogP contribution in [0.4, 0.5) is 11.4 Å². The summed E-state index contributed by atoms with van der Waals surface area (Å²) in [6.45, 7) is 1.61. The SMILES string of the molecule is O=C(c1cnn2ccccc12)N1CCN(C2CC2)c2ccccc21. The lowest BCUT2D eigenvalue weighted by Crippen LogP contribution is -2.45. The number of fused-ring (bicyclic) bond motifs is 2. The molecule has 5 heteroatoms. The number of amides is 1. The first-order valence-electron chi connectivity index (χ1n) is 8.43. The predicted octanol–water partition coefficient (Wildman–Crippen LogP) is 2.96. The van der Waals surface area contributed by atoms with Crippen LogP contribution in [0, 0.1) is 0 Å². The fraction of sp³-hybridized carbons (Fsp3) is 0.263. The lowest BCUT2D eigenvalue weighted by atomic mass is 10.1. The molecular weight excluding hydrogens is 300 g/mol. The summed E-state index contributed by atoms with van der Waals surface area (Å²) >= 11 is 0. The van der Waals surface area contributed by atoms with Crippen molar-refractivity contribution in [3.05, 3.63) is 60.4 Å². The van der Waals surface area contributed by atoms with Gasteiger partial charge in [-0.1, -0.05) is 18.2 Å². The number of aromatic nitrogens is 2. The highest BCUT2D eigenvalue weighted by molar-refractivity contribution is 6.12. The lowest BCUT2D eigenvalue weighted by Gasteiger charge is -2.37. The minimum Gasteiger partial charge on any atom is -0.365 e. The van der Waals surface area contributed by atoms with Gasteiger partial charge < -0.3 is 9.80 Å². The highest BCUT2D eigenvalue weighted by Gasteiger charge is 2.35. The van der Waals surface area contributed by atoms with Crippen molar-refractivity contribution in [2.45, 2.75) is 18.9 Å². The zero-order chi connectivity index (χ0) is 16.1. The number of benzene rings is 1. The molecule has 1 aliphatic carbocycles. The molecule has 120 valence electrons. The Kier molecular flexibility index (Phi) is 2.89. The Morgan fingerprint density at radius 1 is 1.00 bits per heavy atom. The zero-order valence-electron chi connectivity index (χ0n) is 13.3. The second kappa shape index (κ2) is 5.09. The van der Waals surface area contributed by atoms with Crippen molar-refractivity contribution >= 4 is 22.8 Å². The summed E-state index contributed by atoms with van der Waals surface area (Å²) < 4.78 is 1.75. The molecule has 1 aromatic carbocycles. The van der Waals surface area contributed by atoms with E-state index in [0.29, 0.717) is 11.6 Å². The van der Waals surface area contributed by atoms with Gasteiger partial charge in [-0.3, -0.25) is 4.79 Å². The predicted molar refractivity (Wildman–Crippen MR) is 93.7 cm³/mol. The average Bonchev–Trinajstić information content (AvgIpc) is 3.39. The third kappa shape index (κ3) is 2.01. The second-order valence-electron chi connectivity index (χ2n) is 6.46. The molecule has 1 amide bonds. The van der Waals surface area contributed by atoms with Gasteiger partial charge in [0.05, 0.1) is 28.7 Å². The maximum atomic E-state index is 13.2. The quantitative estimate of drug-likeness (QED) is 0.729. The summed E-state index contributed by atoms with van der Waals surface area (Å²) in [6.07, 6.45) is 6.06. The molecule has 3 aromatic rings. The van der Waals surface area contributed by atoms with Gasteiger partial charge in [0.15, 0.2) is 0 Å². The maximum absolute atomic E-state index is 13.2. The zero-order valence-corrected chi connectivity index (χ0v) is 13.3. The third-order valence-electron chi connectivity index (χ3n) is 4.94. The fourth-order valence-electron chi connectivity index (χ4n) is 3.61. The summed E-state index contributed by atoms with van der Waals surface area (Å²) in [5.41, 5.74) is 3.70. The Labute approximate surface area is 140 Å². The molecule has 0 atom stereocenters. The first-order chi connectivity index (χ1) is 11.8. The van der Waals surface area contributed by atoms with Crippen molar-refractivity contribution in [3.63, 3.8) is 0 Å². The Morgan fingerprint density at radius 2 is 1.79 bits per heavy atom. The van der Waals surface area contributed by atoms with Gasteiger partial charge in [-0.05, 0) is 37.1 Å². The van der Waals surface area contributed by atoms with Crippen LogP contribution in [-0.2, 0) is 0 Å². The van der Waals surface area contributed by atoms with Crippen LogP contribution in [0.3, 0.4) is 0 Å². The number of anilines is 2. The van der Waals surface area contributed by atoms with Crippen LogP contribution in [0.1, 0.15) is 23.2 Å². The van der Waals surface area contributed by atoms with Crippen LogP contribution < -0.4 is 9.80 Å². The van der Waals surface area contributed by atoms with Crippen LogP contribution in [0.15, 0.2) is 54.9 Å². The Balaban J connectivity index is 1.56. The molecule has 1 fully saturated rings. The van der Waals surface area contributed by atoms with Crippen LogP contribution in [0.5, 0.6) is 0 Å². The Bertz CT molecular complexity index is 928. The van der Waals surface area contributed by atoms with Crippen molar-refractivity contribution in [3.8, 4) is 0 Å². The first kappa shape index (κ1) is 13.6. The van der Waals surface area contributed by atoms with Crippen LogP contribution in [-0.4, -0.2) is 34.7 Å². The number of hydrogen-bond donors (Lipinski definition) is 0. The molecule has 0 radical (unpaired) electrons. The number of nitrogens with zero attached hydrogens (tertiary/aromatic N) is 4. The lowest BCUT2D eigenvalue weighted by molar-refractivity contribution is 0.0988. The van der Waals surface area contributed by atoms with E-state index in [0.717, 1.165) is 24.3 Å². The number of carbonyl (C=O) groups is 1. The molecular formula is C19H18N4O. The normalized spacial score (nSPS) is 17.2. The van der Waals surface area contributed by atoms with Gasteiger partial charge >= 0.3 is 0 Å². The van der Waals surface area contributed by atoms with E-state index in [1.165, 1.54) is 18.5 Å².